The molecule has 76 valence electrons. The molecule has 1 saturated carbocycles. The highest BCUT2D eigenvalue weighted by Gasteiger charge is 2.31. The van der Waals surface area contributed by atoms with Gasteiger partial charge in [-0.15, -0.1) is 0 Å². The summed E-state index contributed by atoms with van der Waals surface area (Å²) in [6, 6.07) is 2.18. The molecule has 5 heteroatoms. The molecule has 1 amide bonds. The predicted octanol–water partition coefficient (Wildman–Crippen LogP) is 0.374. The molecule has 1 fully saturated rings. The summed E-state index contributed by atoms with van der Waals surface area (Å²) < 4.78 is 0. The highest BCUT2D eigenvalue weighted by Crippen LogP contribution is 2.36. The fraction of sp³-hybridized carbons (Fsp3) is 0.556. The second-order valence-corrected chi connectivity index (χ2v) is 3.81. The van der Waals surface area contributed by atoms with Crippen molar-refractivity contribution < 1.29 is 4.79 Å². The minimum Gasteiger partial charge on any atom is -0.382 e. The van der Waals surface area contributed by atoms with Crippen LogP contribution in [0.5, 0.6) is 0 Å². The Hall–Kier alpha value is -1.52. The lowest BCUT2D eigenvalue weighted by atomic mass is 9.78. The number of nitrogens with two attached hydrogens (primary N) is 1. The molecular weight excluding hydrogens is 180 g/mol. The van der Waals surface area contributed by atoms with Crippen molar-refractivity contribution >= 4 is 11.7 Å². The zero-order valence-electron chi connectivity index (χ0n) is 8.08. The highest BCUT2D eigenvalue weighted by molar-refractivity contribution is 5.73. The van der Waals surface area contributed by atoms with E-state index in [1.165, 1.54) is 0 Å². The molecule has 2 rings (SSSR count). The van der Waals surface area contributed by atoms with Crippen molar-refractivity contribution in [3.8, 4) is 0 Å². The number of anilines is 1. The van der Waals surface area contributed by atoms with Crippen LogP contribution in [0, 0.1) is 0 Å². The first kappa shape index (κ1) is 9.05. The number of nitrogen functional groups attached to an aromatic ring is 1. The Morgan fingerprint density at radius 3 is 2.93 bits per heavy atom. The maximum absolute atomic E-state index is 10.7. The molecule has 0 bridgehead atoms. The molecule has 1 aromatic heterocycles. The third kappa shape index (κ3) is 1.71. The van der Waals surface area contributed by atoms with E-state index in [4.69, 9.17) is 5.73 Å². The molecule has 0 saturated heterocycles. The van der Waals surface area contributed by atoms with Gasteiger partial charge in [-0.25, -0.2) is 0 Å². The average Bonchev–Trinajstić information content (AvgIpc) is 2.42. The quantitative estimate of drug-likeness (QED) is 0.636. The molecule has 0 atom stereocenters. The third-order valence-corrected chi connectivity index (χ3v) is 2.60. The summed E-state index contributed by atoms with van der Waals surface area (Å²) in [5.74, 6) is 1.04. The molecular formula is C9H14N4O. The van der Waals surface area contributed by atoms with Crippen LogP contribution < -0.4 is 11.1 Å². The summed E-state index contributed by atoms with van der Waals surface area (Å²) in [5.41, 5.74) is 6.57. The minimum absolute atomic E-state index is 0.0394. The molecule has 1 aliphatic carbocycles. The van der Waals surface area contributed by atoms with Gasteiger partial charge in [-0.2, -0.15) is 5.10 Å². The number of H-pyrrole nitrogens is 1. The van der Waals surface area contributed by atoms with Crippen LogP contribution in [-0.4, -0.2) is 22.1 Å². The van der Waals surface area contributed by atoms with E-state index in [0.717, 1.165) is 18.5 Å². The van der Waals surface area contributed by atoms with Crippen LogP contribution in [0.4, 0.5) is 5.82 Å². The van der Waals surface area contributed by atoms with E-state index in [1.54, 1.807) is 6.92 Å². The normalized spacial score (nSPS) is 25.5. The molecule has 0 unspecified atom stereocenters. The maximum Gasteiger partial charge on any atom is 0.217 e. The highest BCUT2D eigenvalue weighted by atomic mass is 16.1. The second-order valence-electron chi connectivity index (χ2n) is 3.81. The number of amides is 1. The number of carbonyl (C=O) groups is 1. The molecule has 1 heterocycles. The summed E-state index contributed by atoms with van der Waals surface area (Å²) in [5, 5.41) is 9.65. The second kappa shape index (κ2) is 3.32. The Balaban J connectivity index is 1.86. The van der Waals surface area contributed by atoms with Crippen molar-refractivity contribution in [2.24, 2.45) is 0 Å². The van der Waals surface area contributed by atoms with Crippen molar-refractivity contribution in [1.29, 1.82) is 0 Å². The van der Waals surface area contributed by atoms with E-state index in [0.29, 0.717) is 17.8 Å². The SMILES string of the molecule is CC(=O)NC1CC(c2cc(N)n[nH]2)C1. The van der Waals surface area contributed by atoms with Gasteiger partial charge in [0.05, 0.1) is 0 Å². The minimum atomic E-state index is 0.0394. The van der Waals surface area contributed by atoms with Crippen LogP contribution in [0.15, 0.2) is 6.07 Å². The zero-order chi connectivity index (χ0) is 10.1. The van der Waals surface area contributed by atoms with Crippen molar-refractivity contribution in [2.75, 3.05) is 5.73 Å². The third-order valence-electron chi connectivity index (χ3n) is 2.60. The van der Waals surface area contributed by atoms with Gasteiger partial charge < -0.3 is 11.1 Å². The molecule has 0 aliphatic heterocycles. The van der Waals surface area contributed by atoms with Gasteiger partial charge >= 0.3 is 0 Å². The zero-order valence-corrected chi connectivity index (χ0v) is 8.08. The standard InChI is InChI=1S/C9H14N4O/c1-5(14)11-7-2-6(3-7)8-4-9(10)13-12-8/h4,6-7H,2-3H2,1H3,(H,11,14)(H3,10,12,13). The molecule has 5 nitrogen and oxygen atoms in total. The molecule has 1 aliphatic rings. The van der Waals surface area contributed by atoms with Crippen LogP contribution >= 0.6 is 0 Å². The van der Waals surface area contributed by atoms with Gasteiger partial charge in [-0.1, -0.05) is 0 Å². The number of hydrogen-bond donors (Lipinski definition) is 3. The van der Waals surface area contributed by atoms with Crippen molar-refractivity contribution in [1.82, 2.24) is 15.5 Å². The lowest BCUT2D eigenvalue weighted by Gasteiger charge is -2.34. The summed E-state index contributed by atoms with van der Waals surface area (Å²) in [7, 11) is 0. The smallest absolute Gasteiger partial charge is 0.217 e. The largest absolute Gasteiger partial charge is 0.382 e. The summed E-state index contributed by atoms with van der Waals surface area (Å²) in [4.78, 5) is 10.7. The van der Waals surface area contributed by atoms with Crippen LogP contribution in [0.1, 0.15) is 31.4 Å². The number of nitrogens with one attached hydrogen (secondary N) is 2. The average molecular weight is 194 g/mol. The van der Waals surface area contributed by atoms with E-state index in [9.17, 15) is 4.79 Å². The predicted molar refractivity (Wildman–Crippen MR) is 52.6 cm³/mol. The first-order valence-corrected chi connectivity index (χ1v) is 4.73. The number of rotatable bonds is 2. The fourth-order valence-corrected chi connectivity index (χ4v) is 1.84. The van der Waals surface area contributed by atoms with Gasteiger partial charge in [0.1, 0.15) is 5.82 Å². The maximum atomic E-state index is 10.7. The summed E-state index contributed by atoms with van der Waals surface area (Å²) in [6.07, 6.45) is 1.95. The summed E-state index contributed by atoms with van der Waals surface area (Å²) >= 11 is 0. The fourth-order valence-electron chi connectivity index (χ4n) is 1.84. The van der Waals surface area contributed by atoms with E-state index >= 15 is 0 Å². The van der Waals surface area contributed by atoms with E-state index in [2.05, 4.69) is 15.5 Å². The number of nitrogens with zero attached hydrogens (tertiary/aromatic N) is 1. The van der Waals surface area contributed by atoms with Crippen LogP contribution in [-0.2, 0) is 4.79 Å². The number of aromatic amines is 1. The van der Waals surface area contributed by atoms with E-state index in [1.807, 2.05) is 6.07 Å². The lowest BCUT2D eigenvalue weighted by molar-refractivity contribution is -0.120. The number of hydrogen-bond acceptors (Lipinski definition) is 3. The van der Waals surface area contributed by atoms with Gasteiger partial charge in [-0.05, 0) is 12.8 Å². The van der Waals surface area contributed by atoms with Gasteiger partial charge in [-0.3, -0.25) is 9.89 Å². The van der Waals surface area contributed by atoms with Gasteiger partial charge in [0, 0.05) is 30.6 Å². The molecule has 1 aromatic rings. The van der Waals surface area contributed by atoms with E-state index in [-0.39, 0.29) is 5.91 Å². The number of aromatic nitrogens is 2. The van der Waals surface area contributed by atoms with Gasteiger partial charge in [0.25, 0.3) is 0 Å². The molecule has 14 heavy (non-hydrogen) atoms. The molecule has 0 radical (unpaired) electrons. The first-order valence-electron chi connectivity index (χ1n) is 4.73. The van der Waals surface area contributed by atoms with E-state index < -0.39 is 0 Å². The topological polar surface area (TPSA) is 83.8 Å². The number of carbonyl (C=O) groups excluding carboxylic acids is 1. The van der Waals surface area contributed by atoms with Gasteiger partial charge in [0.15, 0.2) is 0 Å². The monoisotopic (exact) mass is 194 g/mol. The van der Waals surface area contributed by atoms with Crippen molar-refractivity contribution in [3.05, 3.63) is 11.8 Å². The first-order chi connectivity index (χ1) is 6.65. The van der Waals surface area contributed by atoms with Crippen LogP contribution in [0.2, 0.25) is 0 Å². The molecule has 0 aromatic carbocycles. The van der Waals surface area contributed by atoms with Crippen molar-refractivity contribution in [3.63, 3.8) is 0 Å². The summed E-state index contributed by atoms with van der Waals surface area (Å²) in [6.45, 7) is 1.54. The Kier molecular flexibility index (Phi) is 2.15. The lowest BCUT2D eigenvalue weighted by Crippen LogP contribution is -2.42. The Morgan fingerprint density at radius 2 is 2.43 bits per heavy atom. The Labute approximate surface area is 82.1 Å². The van der Waals surface area contributed by atoms with Crippen molar-refractivity contribution in [2.45, 2.75) is 31.7 Å². The van der Waals surface area contributed by atoms with Crippen LogP contribution in [0.3, 0.4) is 0 Å². The molecule has 4 N–H and O–H groups in total. The van der Waals surface area contributed by atoms with Gasteiger partial charge in [0.2, 0.25) is 5.91 Å². The Bertz CT molecular complexity index is 340. The van der Waals surface area contributed by atoms with Crippen LogP contribution in [0.25, 0.3) is 0 Å². The molecule has 0 spiro atoms. The Morgan fingerprint density at radius 1 is 1.71 bits per heavy atom.